The van der Waals surface area contributed by atoms with E-state index in [0.717, 1.165) is 20.6 Å². The van der Waals surface area contributed by atoms with Gasteiger partial charge in [-0.3, -0.25) is 13.9 Å². The fourth-order valence-electron chi connectivity index (χ4n) is 3.18. The zero-order chi connectivity index (χ0) is 24.6. The average Bonchev–Trinajstić information content (AvgIpc) is 2.76. The second kappa shape index (κ2) is 12.0. The van der Waals surface area contributed by atoms with Crippen LogP contribution < -0.4 is 14.4 Å². The van der Waals surface area contributed by atoms with Crippen molar-refractivity contribution in [2.24, 2.45) is 0 Å². The SMILES string of the molecule is CCNC(=O)C(C)N(Cc1ccc(Br)cc1)C(=O)CN(c1ccc(OCC)cc1)S(C)(=O)=O. The highest BCUT2D eigenvalue weighted by Crippen LogP contribution is 2.22. The van der Waals surface area contributed by atoms with Gasteiger partial charge in [0.25, 0.3) is 0 Å². The summed E-state index contributed by atoms with van der Waals surface area (Å²) in [5, 5.41) is 2.72. The highest BCUT2D eigenvalue weighted by atomic mass is 79.9. The van der Waals surface area contributed by atoms with Crippen LogP contribution in [0.5, 0.6) is 5.75 Å². The summed E-state index contributed by atoms with van der Waals surface area (Å²) in [4.78, 5) is 27.3. The van der Waals surface area contributed by atoms with Gasteiger partial charge in [-0.1, -0.05) is 28.1 Å². The predicted molar refractivity (Wildman–Crippen MR) is 133 cm³/mol. The smallest absolute Gasteiger partial charge is 0.244 e. The van der Waals surface area contributed by atoms with Crippen molar-refractivity contribution in [3.63, 3.8) is 0 Å². The number of halogens is 1. The van der Waals surface area contributed by atoms with Crippen LogP contribution in [0.25, 0.3) is 0 Å². The van der Waals surface area contributed by atoms with Gasteiger partial charge < -0.3 is 15.0 Å². The van der Waals surface area contributed by atoms with Crippen molar-refractivity contribution < 1.29 is 22.7 Å². The maximum Gasteiger partial charge on any atom is 0.244 e. The number of likely N-dealkylation sites (N-methyl/N-ethyl adjacent to an activating group) is 1. The van der Waals surface area contributed by atoms with Crippen LogP contribution in [0, 0.1) is 0 Å². The number of carbonyl (C=O) groups excluding carboxylic acids is 2. The number of hydrogen-bond donors (Lipinski definition) is 1. The largest absolute Gasteiger partial charge is 0.494 e. The molecule has 0 aromatic heterocycles. The first-order chi connectivity index (χ1) is 15.6. The lowest BCUT2D eigenvalue weighted by molar-refractivity contribution is -0.139. The molecule has 1 unspecified atom stereocenters. The summed E-state index contributed by atoms with van der Waals surface area (Å²) in [5.41, 5.74) is 1.15. The van der Waals surface area contributed by atoms with Crippen molar-refractivity contribution in [1.29, 1.82) is 0 Å². The molecule has 33 heavy (non-hydrogen) atoms. The van der Waals surface area contributed by atoms with Crippen LogP contribution in [0.4, 0.5) is 5.69 Å². The second-order valence-electron chi connectivity index (χ2n) is 7.42. The molecule has 10 heteroatoms. The lowest BCUT2D eigenvalue weighted by Gasteiger charge is -2.31. The Labute approximate surface area is 204 Å². The Morgan fingerprint density at radius 1 is 1.06 bits per heavy atom. The molecular formula is C23H30BrN3O5S. The van der Waals surface area contributed by atoms with E-state index in [9.17, 15) is 18.0 Å². The Kier molecular flexibility index (Phi) is 9.72. The zero-order valence-corrected chi connectivity index (χ0v) is 21.6. The van der Waals surface area contributed by atoms with E-state index in [1.54, 1.807) is 38.1 Å². The van der Waals surface area contributed by atoms with E-state index in [2.05, 4.69) is 21.2 Å². The quantitative estimate of drug-likeness (QED) is 0.473. The molecule has 0 radical (unpaired) electrons. The first-order valence-corrected chi connectivity index (χ1v) is 13.2. The van der Waals surface area contributed by atoms with Crippen LogP contribution in [0.15, 0.2) is 53.0 Å². The van der Waals surface area contributed by atoms with E-state index < -0.39 is 28.5 Å². The number of nitrogens with one attached hydrogen (secondary N) is 1. The molecule has 2 aromatic rings. The third-order valence-electron chi connectivity index (χ3n) is 4.90. The normalized spacial score (nSPS) is 12.0. The van der Waals surface area contributed by atoms with Crippen molar-refractivity contribution in [3.05, 3.63) is 58.6 Å². The minimum absolute atomic E-state index is 0.158. The minimum Gasteiger partial charge on any atom is -0.494 e. The van der Waals surface area contributed by atoms with Crippen molar-refractivity contribution in [3.8, 4) is 5.75 Å². The predicted octanol–water partition coefficient (Wildman–Crippen LogP) is 3.17. The molecule has 0 saturated carbocycles. The summed E-state index contributed by atoms with van der Waals surface area (Å²) < 4.78 is 32.4. The zero-order valence-electron chi connectivity index (χ0n) is 19.2. The van der Waals surface area contributed by atoms with Crippen molar-refractivity contribution >= 4 is 43.5 Å². The maximum atomic E-state index is 13.4. The topological polar surface area (TPSA) is 96.0 Å². The van der Waals surface area contributed by atoms with Gasteiger partial charge in [-0.05, 0) is 62.7 Å². The van der Waals surface area contributed by atoms with Crippen LogP contribution in [0.2, 0.25) is 0 Å². The molecule has 0 saturated heterocycles. The molecule has 0 aliphatic carbocycles. The van der Waals surface area contributed by atoms with Gasteiger partial charge in [0.15, 0.2) is 0 Å². The number of rotatable bonds is 11. The summed E-state index contributed by atoms with van der Waals surface area (Å²) >= 11 is 3.38. The molecule has 0 spiro atoms. The van der Waals surface area contributed by atoms with Gasteiger partial charge in [-0.25, -0.2) is 8.42 Å². The van der Waals surface area contributed by atoms with Crippen molar-refractivity contribution in [1.82, 2.24) is 10.2 Å². The molecule has 0 aliphatic rings. The van der Waals surface area contributed by atoms with Crippen LogP contribution >= 0.6 is 15.9 Å². The standard InChI is InChI=1S/C23H30BrN3O5S/c1-5-25-23(29)17(3)26(15-18-7-9-19(24)10-8-18)22(28)16-27(33(4,30)31)20-11-13-21(14-12-20)32-6-2/h7-14,17H,5-6,15-16H2,1-4H3,(H,25,29). The summed E-state index contributed by atoms with van der Waals surface area (Å²) in [6.07, 6.45) is 1.04. The van der Waals surface area contributed by atoms with Gasteiger partial charge >= 0.3 is 0 Å². The summed E-state index contributed by atoms with van der Waals surface area (Å²) in [6.45, 7) is 5.90. The van der Waals surface area contributed by atoms with Gasteiger partial charge in [-0.15, -0.1) is 0 Å². The first-order valence-electron chi connectivity index (χ1n) is 10.6. The van der Waals surface area contributed by atoms with Crippen molar-refractivity contribution in [2.45, 2.75) is 33.4 Å². The van der Waals surface area contributed by atoms with Crippen LogP contribution in [0.1, 0.15) is 26.3 Å². The number of anilines is 1. The lowest BCUT2D eigenvalue weighted by atomic mass is 10.1. The molecule has 0 fully saturated rings. The summed E-state index contributed by atoms with van der Waals surface area (Å²) in [6, 6.07) is 13.1. The Morgan fingerprint density at radius 2 is 1.67 bits per heavy atom. The number of amides is 2. The number of benzene rings is 2. The van der Waals surface area contributed by atoms with Crippen LogP contribution in [0.3, 0.4) is 0 Å². The fraction of sp³-hybridized carbons (Fsp3) is 0.391. The van der Waals surface area contributed by atoms with Gasteiger partial charge in [0.2, 0.25) is 21.8 Å². The second-order valence-corrected chi connectivity index (χ2v) is 10.2. The monoisotopic (exact) mass is 539 g/mol. The van der Waals surface area contributed by atoms with Gasteiger partial charge in [0, 0.05) is 17.6 Å². The number of carbonyl (C=O) groups is 2. The van der Waals surface area contributed by atoms with E-state index in [1.165, 1.54) is 4.90 Å². The lowest BCUT2D eigenvalue weighted by Crippen LogP contribution is -2.51. The molecule has 2 amide bonds. The third kappa shape index (κ3) is 7.75. The number of hydrogen-bond acceptors (Lipinski definition) is 5. The van der Waals surface area contributed by atoms with Gasteiger partial charge in [0.1, 0.15) is 18.3 Å². The van der Waals surface area contributed by atoms with E-state index in [-0.39, 0.29) is 12.5 Å². The number of sulfonamides is 1. The molecule has 180 valence electrons. The Morgan fingerprint density at radius 3 is 2.18 bits per heavy atom. The van der Waals surface area contributed by atoms with Gasteiger partial charge in [0.05, 0.1) is 18.6 Å². The number of nitrogens with zero attached hydrogens (tertiary/aromatic N) is 2. The van der Waals surface area contributed by atoms with E-state index >= 15 is 0 Å². The summed E-state index contributed by atoms with van der Waals surface area (Å²) in [7, 11) is -3.77. The maximum absolute atomic E-state index is 13.4. The molecule has 1 atom stereocenters. The molecule has 8 nitrogen and oxygen atoms in total. The first kappa shape index (κ1) is 26.7. The van der Waals surface area contributed by atoms with E-state index in [1.807, 2.05) is 31.2 Å². The third-order valence-corrected chi connectivity index (χ3v) is 6.57. The minimum atomic E-state index is -3.77. The van der Waals surface area contributed by atoms with Crippen LogP contribution in [-0.2, 0) is 26.2 Å². The van der Waals surface area contributed by atoms with E-state index in [4.69, 9.17) is 4.74 Å². The van der Waals surface area contributed by atoms with Gasteiger partial charge in [-0.2, -0.15) is 0 Å². The van der Waals surface area contributed by atoms with Crippen LogP contribution in [-0.4, -0.2) is 57.1 Å². The molecular weight excluding hydrogens is 510 g/mol. The van der Waals surface area contributed by atoms with E-state index in [0.29, 0.717) is 24.6 Å². The molecule has 1 N–H and O–H groups in total. The Balaban J connectivity index is 2.34. The molecule has 2 rings (SSSR count). The molecule has 0 heterocycles. The average molecular weight is 540 g/mol. The Bertz CT molecular complexity index is 1040. The highest BCUT2D eigenvalue weighted by Gasteiger charge is 2.29. The summed E-state index contributed by atoms with van der Waals surface area (Å²) in [5.74, 6) is -0.200. The molecule has 0 aliphatic heterocycles. The van der Waals surface area contributed by atoms with Crippen molar-refractivity contribution in [2.75, 3.05) is 30.3 Å². The Hall–Kier alpha value is -2.59. The highest BCUT2D eigenvalue weighted by molar-refractivity contribution is 9.10. The molecule has 2 aromatic carbocycles. The number of ether oxygens (including phenoxy) is 1. The fourth-order valence-corrected chi connectivity index (χ4v) is 4.29. The molecule has 0 bridgehead atoms.